The van der Waals surface area contributed by atoms with Crippen LogP contribution in [0.1, 0.15) is 12.8 Å². The third kappa shape index (κ3) is 2.81. The lowest BCUT2D eigenvalue weighted by atomic mass is 10.1. The van der Waals surface area contributed by atoms with Gasteiger partial charge in [-0.3, -0.25) is 4.79 Å². The van der Waals surface area contributed by atoms with Crippen LogP contribution in [-0.2, 0) is 4.79 Å². The molecule has 16 heavy (non-hydrogen) atoms. The van der Waals surface area contributed by atoms with Gasteiger partial charge in [-0.2, -0.15) is 0 Å². The van der Waals surface area contributed by atoms with Crippen LogP contribution in [0.15, 0.2) is 4.99 Å². The maximum Gasteiger partial charge on any atom is 0.320 e. The van der Waals surface area contributed by atoms with Gasteiger partial charge in [0, 0.05) is 6.54 Å². The molecule has 0 aromatic carbocycles. The molecule has 0 aromatic heterocycles. The van der Waals surface area contributed by atoms with Crippen LogP contribution < -0.4 is 11.5 Å². The van der Waals surface area contributed by atoms with Crippen LogP contribution in [0.25, 0.3) is 0 Å². The highest BCUT2D eigenvalue weighted by Gasteiger charge is 2.31. The fourth-order valence-corrected chi connectivity index (χ4v) is 1.42. The highest BCUT2D eigenvalue weighted by Crippen LogP contribution is 2.12. The standard InChI is InChI=1S/C8H16N4O4/c9-4(7(15)16)2-1-3-12-6(14)5(13)11-8(12)10/h4-6,13-14H,1-3,9H2,(H2,10,11)(H,15,16). The van der Waals surface area contributed by atoms with E-state index in [1.807, 2.05) is 0 Å². The SMILES string of the molecule is NC1=NC(O)C(O)N1CCCC(N)C(=O)O. The Morgan fingerprint density at radius 1 is 1.56 bits per heavy atom. The number of carboxylic acids is 1. The molecule has 92 valence electrons. The minimum atomic E-state index is -1.24. The van der Waals surface area contributed by atoms with Crippen molar-refractivity contribution in [3.8, 4) is 0 Å². The number of aliphatic hydroxyl groups excluding tert-OH is 2. The number of carbonyl (C=O) groups is 1. The summed E-state index contributed by atoms with van der Waals surface area (Å²) in [6.07, 6.45) is -1.70. The van der Waals surface area contributed by atoms with E-state index in [1.54, 1.807) is 0 Å². The average molecular weight is 232 g/mol. The van der Waals surface area contributed by atoms with E-state index < -0.39 is 24.5 Å². The molecule has 1 rings (SSSR count). The second kappa shape index (κ2) is 5.10. The van der Waals surface area contributed by atoms with Gasteiger partial charge in [0.05, 0.1) is 0 Å². The fourth-order valence-electron chi connectivity index (χ4n) is 1.42. The predicted octanol–water partition coefficient (Wildman–Crippen LogP) is -2.55. The van der Waals surface area contributed by atoms with Crippen molar-refractivity contribution in [1.82, 2.24) is 4.90 Å². The molecule has 3 unspecified atom stereocenters. The summed E-state index contributed by atoms with van der Waals surface area (Å²) >= 11 is 0. The first-order valence-corrected chi connectivity index (χ1v) is 4.88. The van der Waals surface area contributed by atoms with Crippen LogP contribution in [0.3, 0.4) is 0 Å². The van der Waals surface area contributed by atoms with Gasteiger partial charge in [-0.15, -0.1) is 0 Å². The number of aliphatic carboxylic acids is 1. The maximum absolute atomic E-state index is 10.4. The van der Waals surface area contributed by atoms with E-state index in [-0.39, 0.29) is 12.4 Å². The summed E-state index contributed by atoms with van der Waals surface area (Å²) in [6, 6.07) is -0.928. The zero-order chi connectivity index (χ0) is 12.3. The second-order valence-electron chi connectivity index (χ2n) is 3.59. The molecule has 1 aliphatic rings. The van der Waals surface area contributed by atoms with Gasteiger partial charge in [0.15, 0.2) is 18.4 Å². The molecule has 1 heterocycles. The van der Waals surface area contributed by atoms with Crippen LogP contribution in [0.2, 0.25) is 0 Å². The summed E-state index contributed by atoms with van der Waals surface area (Å²) in [5, 5.41) is 27.1. The summed E-state index contributed by atoms with van der Waals surface area (Å²) in [7, 11) is 0. The number of hydrogen-bond acceptors (Lipinski definition) is 7. The van der Waals surface area contributed by atoms with Crippen molar-refractivity contribution in [2.75, 3.05) is 6.54 Å². The summed E-state index contributed by atoms with van der Waals surface area (Å²) in [6.45, 7) is 0.300. The Morgan fingerprint density at radius 3 is 2.62 bits per heavy atom. The molecule has 1 aliphatic heterocycles. The van der Waals surface area contributed by atoms with Gasteiger partial charge >= 0.3 is 5.97 Å². The number of hydrogen-bond donors (Lipinski definition) is 5. The molecule has 7 N–H and O–H groups in total. The van der Waals surface area contributed by atoms with E-state index in [0.717, 1.165) is 0 Å². The van der Waals surface area contributed by atoms with E-state index in [9.17, 15) is 9.90 Å². The van der Waals surface area contributed by atoms with Crippen LogP contribution in [0.4, 0.5) is 0 Å². The Hall–Kier alpha value is -1.38. The van der Waals surface area contributed by atoms with Crippen molar-refractivity contribution in [1.29, 1.82) is 0 Å². The average Bonchev–Trinajstić information content (AvgIpc) is 2.44. The van der Waals surface area contributed by atoms with Crippen molar-refractivity contribution in [2.45, 2.75) is 31.3 Å². The topological polar surface area (TPSA) is 145 Å². The number of aliphatic imine (C=N–C) groups is 1. The summed E-state index contributed by atoms with van der Waals surface area (Å²) < 4.78 is 0. The maximum atomic E-state index is 10.4. The third-order valence-electron chi connectivity index (χ3n) is 2.38. The van der Waals surface area contributed by atoms with Gasteiger partial charge in [0.1, 0.15) is 6.04 Å². The zero-order valence-corrected chi connectivity index (χ0v) is 8.65. The Morgan fingerprint density at radius 2 is 2.19 bits per heavy atom. The Labute approximate surface area is 92.2 Å². The molecule has 8 heteroatoms. The first kappa shape index (κ1) is 12.7. The van der Waals surface area contributed by atoms with Crippen LogP contribution >= 0.6 is 0 Å². The minimum absolute atomic E-state index is 0.0453. The molecule has 0 aromatic rings. The molecule has 0 spiro atoms. The van der Waals surface area contributed by atoms with Gasteiger partial charge in [0.25, 0.3) is 0 Å². The number of rotatable bonds is 5. The van der Waals surface area contributed by atoms with Crippen LogP contribution in [0, 0.1) is 0 Å². The van der Waals surface area contributed by atoms with E-state index in [0.29, 0.717) is 13.0 Å². The minimum Gasteiger partial charge on any atom is -0.480 e. The largest absolute Gasteiger partial charge is 0.480 e. The quantitative estimate of drug-likeness (QED) is 0.350. The molecule has 3 atom stereocenters. The Balaban J connectivity index is 2.34. The molecule has 0 radical (unpaired) electrons. The summed E-state index contributed by atoms with van der Waals surface area (Å²) in [5.74, 6) is -1.02. The molecule has 0 saturated carbocycles. The molecule has 0 fully saturated rings. The van der Waals surface area contributed by atoms with Gasteiger partial charge in [-0.1, -0.05) is 0 Å². The third-order valence-corrected chi connectivity index (χ3v) is 2.38. The smallest absolute Gasteiger partial charge is 0.320 e. The van der Waals surface area contributed by atoms with E-state index in [2.05, 4.69) is 4.99 Å². The summed E-state index contributed by atoms with van der Waals surface area (Å²) in [4.78, 5) is 15.3. The van der Waals surface area contributed by atoms with Crippen molar-refractivity contribution in [3.05, 3.63) is 0 Å². The Bertz CT molecular complexity index is 296. The van der Waals surface area contributed by atoms with Gasteiger partial charge in [0.2, 0.25) is 0 Å². The van der Waals surface area contributed by atoms with Crippen molar-refractivity contribution in [3.63, 3.8) is 0 Å². The van der Waals surface area contributed by atoms with Crippen molar-refractivity contribution >= 4 is 11.9 Å². The molecule has 0 amide bonds. The van der Waals surface area contributed by atoms with E-state index >= 15 is 0 Å². The highest BCUT2D eigenvalue weighted by atomic mass is 16.4. The number of nitrogens with zero attached hydrogens (tertiary/aromatic N) is 2. The molecule has 0 aliphatic carbocycles. The zero-order valence-electron chi connectivity index (χ0n) is 8.65. The van der Waals surface area contributed by atoms with Crippen LogP contribution in [0.5, 0.6) is 0 Å². The number of guanidine groups is 1. The monoisotopic (exact) mass is 232 g/mol. The van der Waals surface area contributed by atoms with E-state index in [1.165, 1.54) is 4.90 Å². The van der Waals surface area contributed by atoms with Crippen LogP contribution in [-0.4, -0.2) is 57.2 Å². The molecular formula is C8H16N4O4. The second-order valence-corrected chi connectivity index (χ2v) is 3.59. The number of nitrogens with two attached hydrogens (primary N) is 2. The lowest BCUT2D eigenvalue weighted by Crippen LogP contribution is -2.43. The van der Waals surface area contributed by atoms with Crippen molar-refractivity contribution < 1.29 is 20.1 Å². The molecule has 0 bridgehead atoms. The lowest BCUT2D eigenvalue weighted by Gasteiger charge is -2.23. The van der Waals surface area contributed by atoms with E-state index in [4.69, 9.17) is 21.7 Å². The first-order valence-electron chi connectivity index (χ1n) is 4.88. The van der Waals surface area contributed by atoms with Gasteiger partial charge in [-0.05, 0) is 12.8 Å². The highest BCUT2D eigenvalue weighted by molar-refractivity contribution is 5.80. The molecule has 0 saturated heterocycles. The number of carboxylic acid groups (broad SMARTS) is 1. The van der Waals surface area contributed by atoms with Crippen molar-refractivity contribution in [2.24, 2.45) is 16.5 Å². The normalized spacial score (nSPS) is 26.7. The molecule has 8 nitrogen and oxygen atoms in total. The number of aliphatic hydroxyl groups is 2. The first-order chi connectivity index (χ1) is 7.43. The summed E-state index contributed by atoms with van der Waals surface area (Å²) in [5.41, 5.74) is 10.8. The molecular weight excluding hydrogens is 216 g/mol. The lowest BCUT2D eigenvalue weighted by molar-refractivity contribution is -0.138. The fraction of sp³-hybridized carbons (Fsp3) is 0.750. The van der Waals surface area contributed by atoms with Gasteiger partial charge < -0.3 is 31.7 Å². The Kier molecular flexibility index (Phi) is 4.05. The predicted molar refractivity (Wildman–Crippen MR) is 55.2 cm³/mol. The van der Waals surface area contributed by atoms with Gasteiger partial charge in [-0.25, -0.2) is 4.99 Å².